The van der Waals surface area contributed by atoms with E-state index in [2.05, 4.69) is 0 Å². The van der Waals surface area contributed by atoms with E-state index in [0.29, 0.717) is 19.5 Å². The van der Waals surface area contributed by atoms with Gasteiger partial charge in [-0.3, -0.25) is 4.57 Å². The van der Waals surface area contributed by atoms with Gasteiger partial charge in [0.05, 0.1) is 6.10 Å². The van der Waals surface area contributed by atoms with Gasteiger partial charge in [0.15, 0.2) is 0 Å². The molecule has 0 aromatic carbocycles. The van der Waals surface area contributed by atoms with E-state index in [1.165, 1.54) is 4.90 Å². The SMILES string of the molecule is CC(C)OP(C)(=O)C1=CCN(C(=O)OCC(Cl)(Cl)Cl)CC1. The quantitative estimate of drug-likeness (QED) is 0.537. The Bertz CT molecular complexity index is 462. The zero-order valence-electron chi connectivity index (χ0n) is 12.1. The summed E-state index contributed by atoms with van der Waals surface area (Å²) < 4.78 is 21.2. The number of rotatable bonds is 4. The molecule has 1 aliphatic heterocycles. The monoisotopic (exact) mass is 377 g/mol. The first-order chi connectivity index (χ1) is 9.51. The highest BCUT2D eigenvalue weighted by molar-refractivity contribution is 7.62. The van der Waals surface area contributed by atoms with Gasteiger partial charge in [-0.25, -0.2) is 4.79 Å². The van der Waals surface area contributed by atoms with Crippen LogP contribution in [-0.2, 0) is 13.8 Å². The van der Waals surface area contributed by atoms with Crippen LogP contribution in [-0.4, -0.2) is 47.3 Å². The second-order valence-electron chi connectivity index (χ2n) is 5.06. The van der Waals surface area contributed by atoms with Gasteiger partial charge in [-0.05, 0) is 20.3 Å². The Morgan fingerprint density at radius 2 is 2.10 bits per heavy atom. The summed E-state index contributed by atoms with van der Waals surface area (Å²) in [6.45, 7) is 5.64. The van der Waals surface area contributed by atoms with Gasteiger partial charge in [0.25, 0.3) is 0 Å². The van der Waals surface area contributed by atoms with Gasteiger partial charge in [-0.15, -0.1) is 0 Å². The van der Waals surface area contributed by atoms with Crippen LogP contribution in [0.5, 0.6) is 0 Å². The van der Waals surface area contributed by atoms with Crippen molar-refractivity contribution in [3.05, 3.63) is 11.4 Å². The topological polar surface area (TPSA) is 55.8 Å². The zero-order valence-corrected chi connectivity index (χ0v) is 15.3. The van der Waals surface area contributed by atoms with Gasteiger partial charge < -0.3 is 14.2 Å². The maximum absolute atomic E-state index is 12.4. The van der Waals surface area contributed by atoms with E-state index in [9.17, 15) is 9.36 Å². The molecule has 0 aliphatic carbocycles. The Kier molecular flexibility index (Phi) is 6.88. The Labute approximate surface area is 139 Å². The molecule has 0 radical (unpaired) electrons. The van der Waals surface area contributed by atoms with Gasteiger partial charge in [0.1, 0.15) is 6.61 Å². The molecule has 0 N–H and O–H groups in total. The molecule has 0 aromatic heterocycles. The summed E-state index contributed by atoms with van der Waals surface area (Å²) in [5.74, 6) is 0. The molecule has 0 saturated heterocycles. The first kappa shape index (κ1) is 19.1. The predicted molar refractivity (Wildman–Crippen MR) is 85.7 cm³/mol. The second-order valence-corrected chi connectivity index (χ2v) is 10.1. The lowest BCUT2D eigenvalue weighted by Gasteiger charge is -2.29. The lowest BCUT2D eigenvalue weighted by Crippen LogP contribution is -2.36. The third-order valence-electron chi connectivity index (χ3n) is 2.74. The fourth-order valence-electron chi connectivity index (χ4n) is 1.90. The number of hydrogen-bond donors (Lipinski definition) is 0. The predicted octanol–water partition coefficient (Wildman–Crippen LogP) is 4.42. The molecule has 122 valence electrons. The summed E-state index contributed by atoms with van der Waals surface area (Å²) in [5.41, 5.74) is 0. The highest BCUT2D eigenvalue weighted by atomic mass is 35.6. The van der Waals surface area contributed by atoms with Crippen molar-refractivity contribution in [2.45, 2.75) is 30.2 Å². The van der Waals surface area contributed by atoms with Gasteiger partial charge in [-0.2, -0.15) is 0 Å². The summed E-state index contributed by atoms with van der Waals surface area (Å²) >= 11 is 16.6. The van der Waals surface area contributed by atoms with Crippen LogP contribution in [0.3, 0.4) is 0 Å². The molecule has 1 heterocycles. The van der Waals surface area contributed by atoms with E-state index in [4.69, 9.17) is 44.1 Å². The molecule has 0 bridgehead atoms. The van der Waals surface area contributed by atoms with Gasteiger partial charge in [-0.1, -0.05) is 40.9 Å². The average molecular weight is 379 g/mol. The number of carbonyl (C=O) groups is 1. The van der Waals surface area contributed by atoms with Crippen molar-refractivity contribution in [1.29, 1.82) is 0 Å². The Balaban J connectivity index is 2.57. The number of hydrogen-bond acceptors (Lipinski definition) is 4. The molecule has 1 unspecified atom stereocenters. The van der Waals surface area contributed by atoms with Crippen molar-refractivity contribution >= 4 is 48.3 Å². The maximum atomic E-state index is 12.4. The number of carbonyl (C=O) groups excluding carboxylic acids is 1. The summed E-state index contributed by atoms with van der Waals surface area (Å²) in [6.07, 6.45) is 1.54. The van der Waals surface area contributed by atoms with Crippen LogP contribution in [0.15, 0.2) is 11.4 Å². The summed E-state index contributed by atoms with van der Waals surface area (Å²) in [4.78, 5) is 13.2. The molecular weight excluding hydrogens is 359 g/mol. The number of amides is 1. The highest BCUT2D eigenvalue weighted by Crippen LogP contribution is 2.54. The van der Waals surface area contributed by atoms with Crippen molar-refractivity contribution < 1.29 is 18.6 Å². The fraction of sp³-hybridized carbons (Fsp3) is 0.750. The molecule has 1 amide bonds. The van der Waals surface area contributed by atoms with Crippen LogP contribution in [0.4, 0.5) is 4.79 Å². The highest BCUT2D eigenvalue weighted by Gasteiger charge is 2.29. The van der Waals surface area contributed by atoms with E-state index in [1.54, 1.807) is 12.7 Å². The lowest BCUT2D eigenvalue weighted by molar-refractivity contribution is 0.107. The van der Waals surface area contributed by atoms with E-state index in [0.717, 1.165) is 5.31 Å². The maximum Gasteiger partial charge on any atom is 0.410 e. The normalized spacial score (nSPS) is 19.2. The molecule has 9 heteroatoms. The lowest BCUT2D eigenvalue weighted by atomic mass is 10.2. The smallest absolute Gasteiger partial charge is 0.410 e. The van der Waals surface area contributed by atoms with Crippen LogP contribution in [0.1, 0.15) is 20.3 Å². The Morgan fingerprint density at radius 1 is 1.48 bits per heavy atom. The molecular formula is C12H19Cl3NO4P. The molecule has 5 nitrogen and oxygen atoms in total. The van der Waals surface area contributed by atoms with Crippen molar-refractivity contribution in [2.75, 3.05) is 26.4 Å². The van der Waals surface area contributed by atoms with Crippen LogP contribution >= 0.6 is 42.2 Å². The summed E-state index contributed by atoms with van der Waals surface area (Å²) in [7, 11) is -2.80. The average Bonchev–Trinajstić information content (AvgIpc) is 2.33. The van der Waals surface area contributed by atoms with Gasteiger partial charge >= 0.3 is 6.09 Å². The van der Waals surface area contributed by atoms with E-state index >= 15 is 0 Å². The molecule has 0 fully saturated rings. The van der Waals surface area contributed by atoms with Crippen LogP contribution in [0.2, 0.25) is 0 Å². The van der Waals surface area contributed by atoms with Gasteiger partial charge in [0.2, 0.25) is 11.2 Å². The molecule has 1 rings (SSSR count). The van der Waals surface area contributed by atoms with Crippen LogP contribution in [0, 0.1) is 0 Å². The fourth-order valence-corrected chi connectivity index (χ4v) is 3.92. The minimum absolute atomic E-state index is 0.117. The van der Waals surface area contributed by atoms with E-state index < -0.39 is 17.3 Å². The number of ether oxygens (including phenoxy) is 1. The Hall–Kier alpha value is 0.0700. The van der Waals surface area contributed by atoms with Crippen molar-refractivity contribution in [3.63, 3.8) is 0 Å². The number of alkyl halides is 3. The van der Waals surface area contributed by atoms with Crippen molar-refractivity contribution in [2.24, 2.45) is 0 Å². The van der Waals surface area contributed by atoms with Crippen molar-refractivity contribution in [1.82, 2.24) is 4.90 Å². The summed E-state index contributed by atoms with van der Waals surface area (Å²) in [6, 6.07) is 0. The van der Waals surface area contributed by atoms with Gasteiger partial charge in [0, 0.05) is 25.1 Å². The Morgan fingerprint density at radius 3 is 2.52 bits per heavy atom. The zero-order chi connectivity index (χ0) is 16.3. The largest absolute Gasteiger partial charge is 0.445 e. The second kappa shape index (κ2) is 7.56. The van der Waals surface area contributed by atoms with Crippen molar-refractivity contribution in [3.8, 4) is 0 Å². The standard InChI is InChI=1S/C12H19Cl3NO4P/c1-9(2)20-21(3,18)10-4-6-16(7-5-10)11(17)19-8-12(13,14)15/h4,9H,5-8H2,1-3H3. The number of nitrogens with zero attached hydrogens (tertiary/aromatic N) is 1. The molecule has 1 atom stereocenters. The molecule has 0 aromatic rings. The number of halogens is 3. The third-order valence-corrected chi connectivity index (χ3v) is 5.34. The first-order valence-electron chi connectivity index (χ1n) is 6.45. The van der Waals surface area contributed by atoms with E-state index in [-0.39, 0.29) is 12.7 Å². The summed E-state index contributed by atoms with van der Waals surface area (Å²) in [5, 5.41) is 0.738. The third kappa shape index (κ3) is 6.79. The minimum Gasteiger partial charge on any atom is -0.445 e. The van der Waals surface area contributed by atoms with Crippen LogP contribution < -0.4 is 0 Å². The molecule has 21 heavy (non-hydrogen) atoms. The first-order valence-corrected chi connectivity index (χ1v) is 9.66. The van der Waals surface area contributed by atoms with Crippen LogP contribution in [0.25, 0.3) is 0 Å². The molecule has 0 spiro atoms. The molecule has 1 aliphatic rings. The van der Waals surface area contributed by atoms with E-state index in [1.807, 2.05) is 13.8 Å². The minimum atomic E-state index is -2.80. The molecule has 0 saturated carbocycles.